The molecule has 2 aromatic rings. The van der Waals surface area contributed by atoms with Crippen molar-refractivity contribution in [1.29, 1.82) is 0 Å². The Morgan fingerprint density at radius 2 is 1.81 bits per heavy atom. The fourth-order valence-electron chi connectivity index (χ4n) is 1.95. The van der Waals surface area contributed by atoms with Gasteiger partial charge < -0.3 is 15.2 Å². The smallest absolute Gasteiger partial charge is 0.335 e. The molecule has 0 radical (unpaired) electrons. The molecule has 0 aromatic heterocycles. The van der Waals surface area contributed by atoms with Crippen molar-refractivity contribution in [2.24, 2.45) is 0 Å². The lowest BCUT2D eigenvalue weighted by Crippen LogP contribution is -2.34. The van der Waals surface area contributed by atoms with Crippen LogP contribution in [0.3, 0.4) is 0 Å². The van der Waals surface area contributed by atoms with Crippen LogP contribution in [0.4, 0.5) is 14.9 Å². The van der Waals surface area contributed by atoms with Crippen LogP contribution in [-0.2, 0) is 0 Å². The van der Waals surface area contributed by atoms with Crippen LogP contribution in [0.2, 0.25) is 10.0 Å². The summed E-state index contributed by atoms with van der Waals surface area (Å²) in [7, 11) is 1.28. The number of carbonyl (C=O) groups excluding carboxylic acids is 2. The Bertz CT molecular complexity index is 904. The summed E-state index contributed by atoms with van der Waals surface area (Å²) < 4.78 is 18.5. The Morgan fingerprint density at radius 3 is 2.42 bits per heavy atom. The largest absolute Gasteiger partial charge is 0.495 e. The van der Waals surface area contributed by atoms with Crippen LogP contribution < -0.4 is 15.4 Å². The molecule has 3 amide bonds. The predicted octanol–water partition coefficient (Wildman–Crippen LogP) is 3.80. The topological polar surface area (TPSA) is 105 Å². The third-order valence-corrected chi connectivity index (χ3v) is 3.78. The van der Waals surface area contributed by atoms with E-state index in [4.69, 9.17) is 33.0 Å². The summed E-state index contributed by atoms with van der Waals surface area (Å²) in [6, 6.07) is 4.62. The van der Waals surface area contributed by atoms with Crippen LogP contribution in [0, 0.1) is 5.82 Å². The zero-order valence-electron chi connectivity index (χ0n) is 13.1. The summed E-state index contributed by atoms with van der Waals surface area (Å²) in [5, 5.41) is 12.8. The number of hydrogen-bond acceptors (Lipinski definition) is 4. The van der Waals surface area contributed by atoms with E-state index in [9.17, 15) is 18.8 Å². The molecule has 3 N–H and O–H groups in total. The maximum atomic E-state index is 13.5. The summed E-state index contributed by atoms with van der Waals surface area (Å²) in [5.41, 5.74) is -0.208. The molecule has 0 aliphatic rings. The van der Waals surface area contributed by atoms with Gasteiger partial charge in [0.05, 0.1) is 34.0 Å². The van der Waals surface area contributed by atoms with E-state index in [1.54, 1.807) is 0 Å². The van der Waals surface area contributed by atoms with Gasteiger partial charge in [-0.15, -0.1) is 0 Å². The summed E-state index contributed by atoms with van der Waals surface area (Å²) in [5.74, 6) is -2.92. The highest BCUT2D eigenvalue weighted by Gasteiger charge is 2.18. The van der Waals surface area contributed by atoms with Crippen LogP contribution in [0.25, 0.3) is 0 Å². The number of imide groups is 1. The molecule has 0 unspecified atom stereocenters. The number of carboxylic acids is 1. The molecule has 0 heterocycles. The number of halogens is 3. The SMILES string of the molecule is COc1cc(C(=O)O)ccc1NC(=O)NC(=O)c1cc(F)c(Cl)cc1Cl. The van der Waals surface area contributed by atoms with Crippen LogP contribution in [0.15, 0.2) is 30.3 Å². The molecule has 0 saturated carbocycles. The van der Waals surface area contributed by atoms with Gasteiger partial charge in [-0.05, 0) is 30.3 Å². The fraction of sp³-hybridized carbons (Fsp3) is 0.0625. The zero-order valence-corrected chi connectivity index (χ0v) is 14.6. The first-order chi connectivity index (χ1) is 12.2. The molecule has 2 rings (SSSR count). The number of aromatic carboxylic acids is 1. The second kappa shape index (κ2) is 8.03. The molecular formula is C16H11Cl2FN2O5. The van der Waals surface area contributed by atoms with E-state index in [0.717, 1.165) is 12.1 Å². The van der Waals surface area contributed by atoms with Crippen molar-refractivity contribution in [3.8, 4) is 5.75 Å². The highest BCUT2D eigenvalue weighted by Crippen LogP contribution is 2.26. The average molecular weight is 401 g/mol. The minimum atomic E-state index is -1.17. The van der Waals surface area contributed by atoms with Crippen molar-refractivity contribution in [2.45, 2.75) is 0 Å². The molecule has 2 aromatic carbocycles. The second-order valence-electron chi connectivity index (χ2n) is 4.87. The molecule has 0 aliphatic heterocycles. The number of ether oxygens (including phenoxy) is 1. The van der Waals surface area contributed by atoms with E-state index in [-0.39, 0.29) is 32.6 Å². The zero-order chi connectivity index (χ0) is 19.4. The van der Waals surface area contributed by atoms with Gasteiger partial charge >= 0.3 is 12.0 Å². The van der Waals surface area contributed by atoms with Crippen LogP contribution in [0.1, 0.15) is 20.7 Å². The van der Waals surface area contributed by atoms with Gasteiger partial charge in [0, 0.05) is 0 Å². The molecule has 0 fully saturated rings. The number of benzene rings is 2. The van der Waals surface area contributed by atoms with E-state index in [2.05, 4.69) is 5.32 Å². The van der Waals surface area contributed by atoms with Crippen LogP contribution in [-0.4, -0.2) is 30.1 Å². The number of hydrogen-bond donors (Lipinski definition) is 3. The van der Waals surface area contributed by atoms with Gasteiger partial charge in [-0.25, -0.2) is 14.0 Å². The lowest BCUT2D eigenvalue weighted by atomic mass is 10.2. The third kappa shape index (κ3) is 4.41. The number of rotatable bonds is 4. The molecular weight excluding hydrogens is 390 g/mol. The number of anilines is 1. The van der Waals surface area contributed by atoms with Gasteiger partial charge in [0.1, 0.15) is 11.6 Å². The third-order valence-electron chi connectivity index (χ3n) is 3.18. The maximum absolute atomic E-state index is 13.5. The van der Waals surface area contributed by atoms with E-state index < -0.39 is 23.7 Å². The van der Waals surface area contributed by atoms with Gasteiger partial charge in [-0.2, -0.15) is 0 Å². The standard InChI is InChI=1S/C16H11Cl2FN2O5/c1-26-13-4-7(15(23)24)2-3-12(13)20-16(25)21-14(22)8-5-11(19)10(18)6-9(8)17/h2-6H,1H3,(H,23,24)(H2,20,21,22,25). The van der Waals surface area contributed by atoms with Gasteiger partial charge in [0.25, 0.3) is 5.91 Å². The highest BCUT2D eigenvalue weighted by atomic mass is 35.5. The molecule has 10 heteroatoms. The summed E-state index contributed by atoms with van der Waals surface area (Å²) in [6.07, 6.45) is 0. The van der Waals surface area contributed by atoms with Crippen molar-refractivity contribution in [2.75, 3.05) is 12.4 Å². The van der Waals surface area contributed by atoms with Crippen molar-refractivity contribution in [3.63, 3.8) is 0 Å². The summed E-state index contributed by atoms with van der Waals surface area (Å²) >= 11 is 11.4. The predicted molar refractivity (Wildman–Crippen MR) is 92.9 cm³/mol. The van der Waals surface area contributed by atoms with E-state index in [1.165, 1.54) is 25.3 Å². The Hall–Kier alpha value is -2.84. The van der Waals surface area contributed by atoms with E-state index in [1.807, 2.05) is 5.32 Å². The molecule has 0 spiro atoms. The molecule has 0 bridgehead atoms. The van der Waals surface area contributed by atoms with Crippen LogP contribution in [0.5, 0.6) is 5.75 Å². The number of amides is 3. The Balaban J connectivity index is 2.15. The van der Waals surface area contributed by atoms with Crippen LogP contribution >= 0.6 is 23.2 Å². The second-order valence-corrected chi connectivity index (χ2v) is 5.69. The van der Waals surface area contributed by atoms with Gasteiger partial charge in [-0.1, -0.05) is 23.2 Å². The van der Waals surface area contributed by atoms with Gasteiger partial charge in [-0.3, -0.25) is 10.1 Å². The van der Waals surface area contributed by atoms with Crippen molar-refractivity contribution >= 4 is 46.8 Å². The van der Waals surface area contributed by atoms with E-state index >= 15 is 0 Å². The van der Waals surface area contributed by atoms with E-state index in [0.29, 0.717) is 0 Å². The number of carboxylic acid groups (broad SMARTS) is 1. The van der Waals surface area contributed by atoms with Crippen molar-refractivity contribution < 1.29 is 28.6 Å². The maximum Gasteiger partial charge on any atom is 0.335 e. The normalized spacial score (nSPS) is 10.2. The minimum absolute atomic E-state index is 0.0488. The molecule has 26 heavy (non-hydrogen) atoms. The average Bonchev–Trinajstić information content (AvgIpc) is 2.57. The highest BCUT2D eigenvalue weighted by molar-refractivity contribution is 6.37. The Morgan fingerprint density at radius 1 is 1.12 bits per heavy atom. The molecule has 7 nitrogen and oxygen atoms in total. The number of urea groups is 1. The summed E-state index contributed by atoms with van der Waals surface area (Å²) in [4.78, 5) is 35.0. The number of nitrogens with one attached hydrogen (secondary N) is 2. The lowest BCUT2D eigenvalue weighted by Gasteiger charge is -2.12. The van der Waals surface area contributed by atoms with Crippen molar-refractivity contribution in [1.82, 2.24) is 5.32 Å². The quantitative estimate of drug-likeness (QED) is 0.676. The molecule has 0 saturated heterocycles. The summed E-state index contributed by atoms with van der Waals surface area (Å²) in [6.45, 7) is 0. The first-order valence-electron chi connectivity index (χ1n) is 6.91. The van der Waals surface area contributed by atoms with Crippen molar-refractivity contribution in [3.05, 3.63) is 57.3 Å². The lowest BCUT2D eigenvalue weighted by molar-refractivity contribution is 0.0696. The molecule has 0 aliphatic carbocycles. The molecule has 136 valence electrons. The van der Waals surface area contributed by atoms with Gasteiger partial charge in [0.2, 0.25) is 0 Å². The molecule has 0 atom stereocenters. The first-order valence-corrected chi connectivity index (χ1v) is 7.66. The monoisotopic (exact) mass is 400 g/mol. The Kier molecular flexibility index (Phi) is 6.01. The Labute approximate surface area is 156 Å². The number of carbonyl (C=O) groups is 3. The first kappa shape index (κ1) is 19.5. The minimum Gasteiger partial charge on any atom is -0.495 e. The fourth-order valence-corrected chi connectivity index (χ4v) is 2.42. The van der Waals surface area contributed by atoms with Gasteiger partial charge in [0.15, 0.2) is 0 Å². The number of methoxy groups -OCH3 is 1.